The molecule has 9 atom stereocenters. The Morgan fingerprint density at radius 3 is 1.54 bits per heavy atom. The maximum atomic E-state index is 12.9. The number of aliphatic hydroxyl groups is 1. The van der Waals surface area contributed by atoms with Crippen molar-refractivity contribution in [3.8, 4) is 29.8 Å². The van der Waals surface area contributed by atoms with Crippen LogP contribution in [0, 0.1) is 41.6 Å². The second-order valence-corrected chi connectivity index (χ2v) is 30.9. The predicted molar refractivity (Wildman–Crippen MR) is 395 cm³/mol. The van der Waals surface area contributed by atoms with E-state index in [2.05, 4.69) is 147 Å². The number of aromatic amines is 3. The SMILES string of the molecule is CC(C)N(C(C)C)P(OCCC#N)N(C(C)C)C(C)C.CCSc1ncn[nH]1.CC[C@H]1O[C@@H](n2cc(C#CCNC(=O)CCSC(C)=O)c(=O)[nH]c2=O)[C@@H](OC)C1O.[C-]#[N+]CCOP(OC1[C@@H](CC)O[C@@H](n2cc(C#CCNC(=O)CCSC(C)=O)c(=O)[nH]c2=O)[C@H]1OC)N(C(C)C)C(C)C. The van der Waals surface area contributed by atoms with Crippen molar-refractivity contribution in [1.82, 2.24) is 58.9 Å². The molecule has 0 aromatic carbocycles. The first-order valence-corrected chi connectivity index (χ1v) is 38.7. The molecule has 2 fully saturated rings. The van der Waals surface area contributed by atoms with E-state index in [0.717, 1.165) is 39.0 Å². The van der Waals surface area contributed by atoms with Gasteiger partial charge in [-0.25, -0.2) is 35.2 Å². The Kier molecular flexibility index (Phi) is 44.5. The molecule has 0 bridgehead atoms. The number of carbonyl (C=O) groups is 4. The smallest absolute Gasteiger partial charge is 0.330 e. The van der Waals surface area contributed by atoms with Crippen LogP contribution in [0.5, 0.6) is 0 Å². The molecule has 6 N–H and O–H groups in total. The number of aromatic nitrogens is 7. The number of nitrogens with zero attached hydrogens (tertiary/aromatic N) is 9. The van der Waals surface area contributed by atoms with Crippen LogP contribution in [0.4, 0.5) is 0 Å². The van der Waals surface area contributed by atoms with Crippen LogP contribution in [0.2, 0.25) is 0 Å². The maximum absolute atomic E-state index is 12.9. The quantitative estimate of drug-likeness (QED) is 0.0114. The van der Waals surface area contributed by atoms with Crippen LogP contribution in [0.15, 0.2) is 43.1 Å². The molecule has 3 aromatic heterocycles. The Bertz CT molecular complexity index is 3420. The van der Waals surface area contributed by atoms with Gasteiger partial charge in [0.25, 0.3) is 19.6 Å². The van der Waals surface area contributed by atoms with E-state index < -0.39 is 88.6 Å². The zero-order chi connectivity index (χ0) is 76.1. The number of hydrogen-bond acceptors (Lipinski definition) is 25. The number of methoxy groups -OCH3 is 2. The first kappa shape index (κ1) is 91.4. The van der Waals surface area contributed by atoms with Gasteiger partial charge in [0.05, 0.1) is 44.4 Å². The molecule has 0 aliphatic carbocycles. The van der Waals surface area contributed by atoms with E-state index in [1.165, 1.54) is 51.4 Å². The second kappa shape index (κ2) is 49.1. The third-order valence-corrected chi connectivity index (χ3v) is 21.9. The van der Waals surface area contributed by atoms with Crippen molar-refractivity contribution < 1.29 is 56.8 Å². The summed E-state index contributed by atoms with van der Waals surface area (Å²) in [7, 11) is 0.444. The Hall–Kier alpha value is -5.65. The zero-order valence-electron chi connectivity index (χ0n) is 61.7. The molecule has 3 unspecified atom stereocenters. The van der Waals surface area contributed by atoms with Gasteiger partial charge in [0, 0.05) is 101 Å². The summed E-state index contributed by atoms with van der Waals surface area (Å²) in [4.78, 5) is 107. The molecule has 2 saturated heterocycles. The first-order chi connectivity index (χ1) is 47.9. The number of aliphatic hydroxyl groups excluding tert-OH is 1. The summed E-state index contributed by atoms with van der Waals surface area (Å²) < 4.78 is 51.3. The number of carbonyl (C=O) groups excluding carboxylic acids is 4. The fourth-order valence-electron chi connectivity index (χ4n) is 10.2. The van der Waals surface area contributed by atoms with Crippen LogP contribution < -0.4 is 33.1 Å². The lowest BCUT2D eigenvalue weighted by Gasteiger charge is -2.45. The lowest BCUT2D eigenvalue weighted by atomic mass is 10.1. The average molecular weight is 1510 g/mol. The molecule has 2 aliphatic rings. The summed E-state index contributed by atoms with van der Waals surface area (Å²) in [5, 5.41) is 31.4. The molecular weight excluding hydrogens is 1400 g/mol. The lowest BCUT2D eigenvalue weighted by Crippen LogP contribution is -2.43. The van der Waals surface area contributed by atoms with Crippen LogP contribution in [0.3, 0.4) is 0 Å². The molecule has 564 valence electrons. The Labute approximate surface area is 609 Å². The highest BCUT2D eigenvalue weighted by Gasteiger charge is 2.49. The molecule has 3 aromatic rings. The summed E-state index contributed by atoms with van der Waals surface area (Å²) >= 11 is 3.78. The van der Waals surface area contributed by atoms with Gasteiger partial charge in [0.2, 0.25) is 18.4 Å². The van der Waals surface area contributed by atoms with Crippen molar-refractivity contribution >= 4 is 74.3 Å². The van der Waals surface area contributed by atoms with Crippen molar-refractivity contribution in [2.45, 2.75) is 240 Å². The van der Waals surface area contributed by atoms with Gasteiger partial charge in [-0.2, -0.15) is 10.4 Å². The second-order valence-electron chi connectivity index (χ2n) is 24.0. The number of nitrogens with one attached hydrogen (secondary N) is 5. The summed E-state index contributed by atoms with van der Waals surface area (Å²) in [6, 6.07) is 4.02. The van der Waals surface area contributed by atoms with Crippen LogP contribution >= 0.6 is 52.3 Å². The predicted octanol–water partition coefficient (Wildman–Crippen LogP) is 7.32. The highest BCUT2D eigenvalue weighted by molar-refractivity contribution is 8.13. The molecule has 0 spiro atoms. The van der Waals surface area contributed by atoms with Crippen molar-refractivity contribution in [1.29, 1.82) is 5.26 Å². The number of nitriles is 1. The van der Waals surface area contributed by atoms with Crippen LogP contribution in [-0.4, -0.2) is 213 Å². The molecule has 5 heterocycles. The number of ether oxygens (including phenoxy) is 4. The molecule has 2 aliphatic heterocycles. The van der Waals surface area contributed by atoms with E-state index in [4.69, 9.17) is 44.4 Å². The lowest BCUT2D eigenvalue weighted by molar-refractivity contribution is -0.121. The number of rotatable bonds is 33. The summed E-state index contributed by atoms with van der Waals surface area (Å²) in [5.74, 6) is 11.9. The van der Waals surface area contributed by atoms with Crippen molar-refractivity contribution in [2.75, 3.05) is 64.3 Å². The maximum Gasteiger partial charge on any atom is 0.330 e. The van der Waals surface area contributed by atoms with Gasteiger partial charge in [-0.3, -0.25) is 53.0 Å². The summed E-state index contributed by atoms with van der Waals surface area (Å²) in [6.07, 6.45) is 0.0414. The summed E-state index contributed by atoms with van der Waals surface area (Å²) in [5.41, 5.74) is -2.75. The highest BCUT2D eigenvalue weighted by atomic mass is 32.2. The minimum atomic E-state index is -1.61. The minimum Gasteiger partial charge on any atom is -0.388 e. The van der Waals surface area contributed by atoms with Gasteiger partial charge >= 0.3 is 11.4 Å². The zero-order valence-corrected chi connectivity index (χ0v) is 66.0. The van der Waals surface area contributed by atoms with Gasteiger partial charge in [0.15, 0.2) is 36.3 Å². The van der Waals surface area contributed by atoms with Gasteiger partial charge in [0.1, 0.15) is 48.5 Å². The third-order valence-electron chi connectivity index (χ3n) is 14.4. The molecule has 0 radical (unpaired) electrons. The number of hydrogen-bond donors (Lipinski definition) is 6. The van der Waals surface area contributed by atoms with Crippen molar-refractivity contribution in [3.63, 3.8) is 0 Å². The van der Waals surface area contributed by atoms with E-state index in [1.54, 1.807) is 11.8 Å². The van der Waals surface area contributed by atoms with E-state index in [1.807, 2.05) is 41.5 Å². The van der Waals surface area contributed by atoms with Crippen molar-refractivity contribution in [2.24, 2.45) is 0 Å². The Morgan fingerprint density at radius 1 is 0.703 bits per heavy atom. The van der Waals surface area contributed by atoms with Crippen LogP contribution in [-0.2, 0) is 51.7 Å². The van der Waals surface area contributed by atoms with Crippen molar-refractivity contribution in [3.05, 3.63) is 82.9 Å². The number of H-pyrrole nitrogens is 3. The van der Waals surface area contributed by atoms with Crippen LogP contribution in [0.25, 0.3) is 4.85 Å². The van der Waals surface area contributed by atoms with E-state index >= 15 is 0 Å². The molecule has 30 nitrogen and oxygen atoms in total. The van der Waals surface area contributed by atoms with Gasteiger partial charge in [-0.1, -0.05) is 79.7 Å². The fraction of sp³-hybridized carbons (Fsp3) is 0.697. The molecule has 101 heavy (non-hydrogen) atoms. The minimum absolute atomic E-state index is 0.000610. The summed E-state index contributed by atoms with van der Waals surface area (Å²) in [6.45, 7) is 42.6. The molecule has 2 amide bonds. The molecule has 35 heteroatoms. The molecular formula is C66H106N14O16P2S3. The molecule has 5 rings (SSSR count). The normalized spacial score (nSPS) is 18.9. The fourth-order valence-corrected chi connectivity index (χ4v) is 16.0. The van der Waals surface area contributed by atoms with Crippen LogP contribution in [0.1, 0.15) is 173 Å². The topological polar surface area (TPSA) is 366 Å². The third kappa shape index (κ3) is 31.3. The molecule has 0 saturated carbocycles. The van der Waals surface area contributed by atoms with Gasteiger partial charge < -0.3 is 53.1 Å². The average Bonchev–Trinajstić information content (AvgIpc) is 1.66. The number of thioether (sulfide) groups is 3. The highest BCUT2D eigenvalue weighted by Crippen LogP contribution is 2.52. The largest absolute Gasteiger partial charge is 0.388 e. The Morgan fingerprint density at radius 2 is 1.16 bits per heavy atom. The van der Waals surface area contributed by atoms with E-state index in [-0.39, 0.29) is 84.3 Å². The standard InChI is InChI=1S/C28H42N5O8PS.C19H25N3O7S.C15H32N3OP.C4H7N3S/c1-9-22-24(41-42(39-15-14-29-7)33(18(2)3)19(4)5)25(38-8)27(40-22)32-17-21(26(36)31-28(32)37)11-10-13-30-23(35)12-16-43-20(6)34;1-4-13-15(25)16(28-3)18(29-13)22-10-12(17(26)21-19(22)27)6-5-8-20-14(24)7-9-30-11(2)23;1-12(2)17(13(3)4)20(19-11-9-10-16)18(14(5)6)15(7)8;1-2-8-4-5-3-6-7-4/h17-19,22,24-25,27H,9,12-16H2,1-6,8H3,(H,30,35)(H,31,36,37);10,13,15-16,18,25H,4,7-9H2,1-3H3,(H,20,24)(H,21,26,27);12-15H,9,11H2,1-8H3;3H,2H2,1H3,(H,5,6,7)/t22-,24?,25+,27-,42?;13-,15?,16+,18-;;/m11../s1. The number of amides is 2. The Balaban J connectivity index is 0.000000515. The van der Waals surface area contributed by atoms with E-state index in [0.29, 0.717) is 61.5 Å². The monoisotopic (exact) mass is 1510 g/mol. The van der Waals surface area contributed by atoms with E-state index in [9.17, 15) is 43.5 Å². The van der Waals surface area contributed by atoms with Gasteiger partial charge in [-0.05, 0) is 102 Å². The first-order valence-electron chi connectivity index (χ1n) is 33.5. The van der Waals surface area contributed by atoms with Gasteiger partial charge in [-0.15, -0.1) is 0 Å².